The van der Waals surface area contributed by atoms with Crippen LogP contribution in [0.1, 0.15) is 18.9 Å². The first-order valence-electron chi connectivity index (χ1n) is 5.52. The number of benzene rings is 1. The maximum atomic E-state index is 11.1. The minimum atomic E-state index is -1.40. The summed E-state index contributed by atoms with van der Waals surface area (Å²) >= 11 is 12.0. The summed E-state index contributed by atoms with van der Waals surface area (Å²) in [6.45, 7) is 1.68. The number of methoxy groups -OCH3 is 1. The Hall–Kier alpha value is -1.01. The Labute approximate surface area is 121 Å². The van der Waals surface area contributed by atoms with Crippen LogP contribution in [0.15, 0.2) is 18.2 Å². The van der Waals surface area contributed by atoms with Gasteiger partial charge in [-0.25, -0.2) is 4.79 Å². The summed E-state index contributed by atoms with van der Waals surface area (Å²) in [5.74, 6) is -1.40. The van der Waals surface area contributed by atoms with Crippen LogP contribution < -0.4 is 5.73 Å². The third kappa shape index (κ3) is 3.98. The van der Waals surface area contributed by atoms with Crippen molar-refractivity contribution in [3.05, 3.63) is 33.8 Å². The number of halogens is 2. The molecule has 2 N–H and O–H groups in total. The van der Waals surface area contributed by atoms with Crippen LogP contribution in [0.2, 0.25) is 10.0 Å². The van der Waals surface area contributed by atoms with Crippen LogP contribution >= 0.6 is 23.2 Å². The van der Waals surface area contributed by atoms with Crippen molar-refractivity contribution in [1.82, 2.24) is 0 Å². The molecule has 0 unspecified atom stereocenters. The van der Waals surface area contributed by atoms with E-state index in [0.29, 0.717) is 22.0 Å². The molecule has 0 aromatic heterocycles. The summed E-state index contributed by atoms with van der Waals surface area (Å²) < 4.78 is 15.4. The first-order chi connectivity index (χ1) is 8.95. The maximum absolute atomic E-state index is 11.1. The molecule has 0 spiro atoms. The van der Waals surface area contributed by atoms with Crippen LogP contribution in [0.25, 0.3) is 0 Å². The van der Waals surface area contributed by atoms with E-state index < -0.39 is 11.9 Å². The van der Waals surface area contributed by atoms with Crippen LogP contribution in [0.3, 0.4) is 0 Å². The van der Waals surface area contributed by atoms with Gasteiger partial charge in [0.15, 0.2) is 6.79 Å². The second kappa shape index (κ2) is 6.96. The number of hydrogen-bond donors (Lipinski definition) is 1. The van der Waals surface area contributed by atoms with Crippen LogP contribution in [0.5, 0.6) is 0 Å². The molecule has 1 atom stereocenters. The average Bonchev–Trinajstić information content (AvgIpc) is 2.34. The highest BCUT2D eigenvalue weighted by Crippen LogP contribution is 2.37. The molecule has 106 valence electrons. The van der Waals surface area contributed by atoms with Crippen molar-refractivity contribution in [2.24, 2.45) is 5.73 Å². The Morgan fingerprint density at radius 3 is 2.58 bits per heavy atom. The Bertz CT molecular complexity index is 455. The molecule has 1 rings (SSSR count). The van der Waals surface area contributed by atoms with E-state index in [-0.39, 0.29) is 6.79 Å². The Balaban J connectivity index is 3.22. The van der Waals surface area contributed by atoms with Crippen molar-refractivity contribution < 1.29 is 19.0 Å². The second-order valence-corrected chi connectivity index (χ2v) is 4.55. The molecule has 7 heteroatoms. The first kappa shape index (κ1) is 16.0. The third-order valence-corrected chi connectivity index (χ3v) is 3.03. The molecule has 5 nitrogen and oxygen atoms in total. The molecule has 19 heavy (non-hydrogen) atoms. The van der Waals surface area contributed by atoms with Crippen molar-refractivity contribution in [1.29, 1.82) is 0 Å². The lowest BCUT2D eigenvalue weighted by Crippen LogP contribution is -2.37. The molecule has 0 radical (unpaired) electrons. The lowest BCUT2D eigenvalue weighted by atomic mass is 10.0. The minimum absolute atomic E-state index is 0.0833. The summed E-state index contributed by atoms with van der Waals surface area (Å²) in [6, 6.07) is 4.77. The molecule has 0 fully saturated rings. The van der Waals surface area contributed by atoms with E-state index in [9.17, 15) is 4.79 Å². The number of ether oxygens (including phenoxy) is 3. The summed E-state index contributed by atoms with van der Waals surface area (Å²) in [6.07, 6.45) is -0.662. The molecule has 1 aromatic carbocycles. The van der Waals surface area contributed by atoms with E-state index in [0.717, 1.165) is 0 Å². The lowest BCUT2D eigenvalue weighted by molar-refractivity contribution is -0.249. The quantitative estimate of drug-likeness (QED) is 0.819. The van der Waals surface area contributed by atoms with E-state index in [2.05, 4.69) is 0 Å². The van der Waals surface area contributed by atoms with Gasteiger partial charge in [0.1, 0.15) is 0 Å². The summed E-state index contributed by atoms with van der Waals surface area (Å²) in [5.41, 5.74) is 5.55. The van der Waals surface area contributed by atoms with E-state index >= 15 is 0 Å². The Morgan fingerprint density at radius 1 is 1.42 bits per heavy atom. The topological polar surface area (TPSA) is 70.8 Å². The Morgan fingerprint density at radius 2 is 2.11 bits per heavy atom. The number of rotatable bonds is 6. The van der Waals surface area contributed by atoms with Gasteiger partial charge in [0, 0.05) is 24.1 Å². The number of primary amides is 1. The number of amides is 1. The highest BCUT2D eigenvalue weighted by atomic mass is 35.5. The zero-order valence-electron chi connectivity index (χ0n) is 10.6. The second-order valence-electron chi connectivity index (χ2n) is 3.70. The smallest absolute Gasteiger partial charge is 0.407 e. The van der Waals surface area contributed by atoms with Crippen molar-refractivity contribution >= 4 is 29.3 Å². The molecule has 0 aliphatic carbocycles. The number of hydrogen-bond acceptors (Lipinski definition) is 4. The van der Waals surface area contributed by atoms with Gasteiger partial charge in [0.25, 0.3) is 0 Å². The molecule has 0 aliphatic heterocycles. The first-order valence-corrected chi connectivity index (χ1v) is 6.27. The van der Waals surface area contributed by atoms with Gasteiger partial charge in [-0.3, -0.25) is 0 Å². The Kier molecular flexibility index (Phi) is 5.87. The predicted molar refractivity (Wildman–Crippen MR) is 72.1 cm³/mol. The third-order valence-electron chi connectivity index (χ3n) is 2.48. The molecule has 0 bridgehead atoms. The summed E-state index contributed by atoms with van der Waals surface area (Å²) in [7, 11) is 1.45. The zero-order chi connectivity index (χ0) is 14.5. The molecule has 0 saturated carbocycles. The van der Waals surface area contributed by atoms with E-state index in [1.165, 1.54) is 13.2 Å². The normalized spacial score (nSPS) is 13.9. The van der Waals surface area contributed by atoms with Gasteiger partial charge in [0.2, 0.25) is 5.79 Å². The van der Waals surface area contributed by atoms with E-state index in [1.807, 2.05) is 0 Å². The molecule has 0 heterocycles. The molecule has 1 amide bonds. The van der Waals surface area contributed by atoms with Crippen molar-refractivity contribution in [3.8, 4) is 0 Å². The maximum Gasteiger partial charge on any atom is 0.407 e. The predicted octanol–water partition coefficient (Wildman–Crippen LogP) is 3.27. The molecule has 0 saturated heterocycles. The lowest BCUT2D eigenvalue weighted by Gasteiger charge is -2.32. The van der Waals surface area contributed by atoms with Gasteiger partial charge < -0.3 is 19.9 Å². The van der Waals surface area contributed by atoms with Gasteiger partial charge in [-0.15, -0.1) is 0 Å². The monoisotopic (exact) mass is 307 g/mol. The van der Waals surface area contributed by atoms with E-state index in [1.54, 1.807) is 19.1 Å². The van der Waals surface area contributed by atoms with Crippen LogP contribution in [-0.2, 0) is 20.0 Å². The number of carbonyl (C=O) groups is 1. The van der Waals surface area contributed by atoms with Gasteiger partial charge in [-0.1, -0.05) is 30.1 Å². The molecule has 0 aliphatic rings. The summed E-state index contributed by atoms with van der Waals surface area (Å²) in [5, 5.41) is 0.774. The van der Waals surface area contributed by atoms with Gasteiger partial charge in [0.05, 0.1) is 5.02 Å². The van der Waals surface area contributed by atoms with Crippen molar-refractivity contribution in [2.45, 2.75) is 19.1 Å². The molecular formula is C12H15Cl2NO4. The van der Waals surface area contributed by atoms with Crippen LogP contribution in [0, 0.1) is 0 Å². The molecule has 1 aromatic rings. The number of carbonyl (C=O) groups excluding carboxylic acids is 1. The van der Waals surface area contributed by atoms with Gasteiger partial charge >= 0.3 is 6.09 Å². The molecular weight excluding hydrogens is 293 g/mol. The van der Waals surface area contributed by atoms with Crippen molar-refractivity contribution in [2.75, 3.05) is 13.9 Å². The zero-order valence-corrected chi connectivity index (χ0v) is 12.1. The fraction of sp³-hybridized carbons (Fsp3) is 0.417. The average molecular weight is 308 g/mol. The highest BCUT2D eigenvalue weighted by molar-refractivity contribution is 6.35. The van der Waals surface area contributed by atoms with Crippen LogP contribution in [-0.4, -0.2) is 20.0 Å². The fourth-order valence-electron chi connectivity index (χ4n) is 1.64. The van der Waals surface area contributed by atoms with Gasteiger partial charge in [-0.2, -0.15) is 0 Å². The van der Waals surface area contributed by atoms with Gasteiger partial charge in [-0.05, 0) is 18.2 Å². The minimum Gasteiger partial charge on any atom is -0.412 e. The largest absolute Gasteiger partial charge is 0.412 e. The SMILES string of the molecule is CC[C@@](OCOC)(OC(N)=O)c1ccc(Cl)cc1Cl. The van der Waals surface area contributed by atoms with Crippen LogP contribution in [0.4, 0.5) is 4.79 Å². The van der Waals surface area contributed by atoms with E-state index in [4.69, 9.17) is 43.1 Å². The highest BCUT2D eigenvalue weighted by Gasteiger charge is 2.37. The summed E-state index contributed by atoms with van der Waals surface area (Å²) in [4.78, 5) is 11.1. The van der Waals surface area contributed by atoms with Crippen molar-refractivity contribution in [3.63, 3.8) is 0 Å². The fourth-order valence-corrected chi connectivity index (χ4v) is 2.19. The number of nitrogens with two attached hydrogens (primary N) is 1. The standard InChI is InChI=1S/C12H15Cl2NO4/c1-3-12(18-7-17-2,19-11(15)16)9-5-4-8(13)6-10(9)14/h4-6H,3,7H2,1-2H3,(H2,15,16)/t12-/m1/s1.